The van der Waals surface area contributed by atoms with E-state index in [1.807, 2.05) is 19.9 Å². The molecule has 0 bridgehead atoms. The molecule has 98 valence electrons. The van der Waals surface area contributed by atoms with Crippen molar-refractivity contribution in [2.75, 3.05) is 18.0 Å². The van der Waals surface area contributed by atoms with Gasteiger partial charge in [0.15, 0.2) is 0 Å². The van der Waals surface area contributed by atoms with Gasteiger partial charge in [-0.15, -0.1) is 0 Å². The molecule has 0 amide bonds. The van der Waals surface area contributed by atoms with E-state index in [1.54, 1.807) is 0 Å². The van der Waals surface area contributed by atoms with Gasteiger partial charge >= 0.3 is 5.97 Å². The van der Waals surface area contributed by atoms with Gasteiger partial charge in [-0.05, 0) is 55.9 Å². The number of nitrogens with zero attached hydrogens (tertiary/aromatic N) is 1. The van der Waals surface area contributed by atoms with Crippen LogP contribution in [0.5, 0.6) is 0 Å². The predicted molar refractivity (Wildman–Crippen MR) is 73.5 cm³/mol. The van der Waals surface area contributed by atoms with Crippen LogP contribution in [0.2, 0.25) is 0 Å². The smallest absolute Gasteiger partial charge is 0.336 e. The lowest BCUT2D eigenvalue weighted by molar-refractivity contribution is 0.0696. The number of piperidine rings is 1. The summed E-state index contributed by atoms with van der Waals surface area (Å²) < 4.78 is 0. The second-order valence-electron chi connectivity index (χ2n) is 5.41. The van der Waals surface area contributed by atoms with Crippen LogP contribution in [0.3, 0.4) is 0 Å². The molecule has 1 fully saturated rings. The predicted octanol–water partition coefficient (Wildman–Crippen LogP) is 3.24. The van der Waals surface area contributed by atoms with Crippen molar-refractivity contribution in [2.45, 2.75) is 33.6 Å². The first kappa shape index (κ1) is 12.9. The largest absolute Gasteiger partial charge is 0.478 e. The minimum Gasteiger partial charge on any atom is -0.478 e. The Morgan fingerprint density at radius 2 is 1.89 bits per heavy atom. The second-order valence-corrected chi connectivity index (χ2v) is 5.41. The normalized spacial score (nSPS) is 16.9. The minimum atomic E-state index is -0.831. The van der Waals surface area contributed by atoms with Crippen molar-refractivity contribution in [3.63, 3.8) is 0 Å². The molecule has 1 heterocycles. The van der Waals surface area contributed by atoms with E-state index in [1.165, 1.54) is 12.8 Å². The van der Waals surface area contributed by atoms with Crippen LogP contribution in [0, 0.1) is 19.8 Å². The Kier molecular flexibility index (Phi) is 3.60. The summed E-state index contributed by atoms with van der Waals surface area (Å²) in [6.45, 7) is 8.20. The van der Waals surface area contributed by atoms with Crippen LogP contribution in [-0.4, -0.2) is 24.2 Å². The summed E-state index contributed by atoms with van der Waals surface area (Å²) >= 11 is 0. The van der Waals surface area contributed by atoms with Gasteiger partial charge in [0.2, 0.25) is 0 Å². The Morgan fingerprint density at radius 3 is 2.44 bits per heavy atom. The molecule has 0 spiro atoms. The van der Waals surface area contributed by atoms with E-state index < -0.39 is 5.97 Å². The Bertz CT molecular complexity index is 460. The fraction of sp³-hybridized carbons (Fsp3) is 0.533. The number of aromatic carboxylic acids is 1. The number of carbonyl (C=O) groups is 1. The number of carboxylic acid groups (broad SMARTS) is 1. The third kappa shape index (κ3) is 2.50. The summed E-state index contributed by atoms with van der Waals surface area (Å²) in [5.41, 5.74) is 3.42. The van der Waals surface area contributed by atoms with Crippen molar-refractivity contribution in [3.05, 3.63) is 28.8 Å². The average molecular weight is 247 g/mol. The maximum absolute atomic E-state index is 11.2. The van der Waals surface area contributed by atoms with Gasteiger partial charge in [-0.3, -0.25) is 0 Å². The van der Waals surface area contributed by atoms with Gasteiger partial charge in [-0.2, -0.15) is 0 Å². The van der Waals surface area contributed by atoms with Crippen LogP contribution in [0.25, 0.3) is 0 Å². The molecule has 3 heteroatoms. The molecule has 2 rings (SSSR count). The quantitative estimate of drug-likeness (QED) is 0.872. The number of carboxylic acids is 1. The standard InChI is InChI=1S/C15H21NO2/c1-10-4-6-16(7-5-10)13-8-11(2)12(3)14(9-13)15(17)18/h8-10H,4-7H2,1-3H3,(H,17,18). The number of anilines is 1. The summed E-state index contributed by atoms with van der Waals surface area (Å²) in [5, 5.41) is 9.24. The Labute approximate surface area is 108 Å². The third-order valence-electron chi connectivity index (χ3n) is 4.03. The molecular formula is C15H21NO2. The summed E-state index contributed by atoms with van der Waals surface area (Å²) in [6, 6.07) is 3.93. The Morgan fingerprint density at radius 1 is 1.28 bits per heavy atom. The van der Waals surface area contributed by atoms with E-state index in [9.17, 15) is 9.90 Å². The first-order valence-corrected chi connectivity index (χ1v) is 6.58. The summed E-state index contributed by atoms with van der Waals surface area (Å²) in [6.07, 6.45) is 2.38. The van der Waals surface area contributed by atoms with Gasteiger partial charge in [0.25, 0.3) is 0 Å². The van der Waals surface area contributed by atoms with E-state index in [0.29, 0.717) is 5.56 Å². The number of rotatable bonds is 2. The molecule has 0 radical (unpaired) electrons. The zero-order valence-corrected chi connectivity index (χ0v) is 11.4. The molecule has 1 N–H and O–H groups in total. The molecule has 1 saturated heterocycles. The zero-order valence-electron chi connectivity index (χ0n) is 11.4. The van der Waals surface area contributed by atoms with Crippen LogP contribution in [0.4, 0.5) is 5.69 Å². The highest BCUT2D eigenvalue weighted by Gasteiger charge is 2.18. The van der Waals surface area contributed by atoms with E-state index in [2.05, 4.69) is 17.9 Å². The maximum Gasteiger partial charge on any atom is 0.336 e. The number of aryl methyl sites for hydroxylation is 1. The summed E-state index contributed by atoms with van der Waals surface area (Å²) in [7, 11) is 0. The summed E-state index contributed by atoms with van der Waals surface area (Å²) in [5.74, 6) is -0.0467. The molecule has 1 aliphatic heterocycles. The minimum absolute atomic E-state index is 0.434. The highest BCUT2D eigenvalue weighted by molar-refractivity contribution is 5.91. The maximum atomic E-state index is 11.2. The van der Waals surface area contributed by atoms with Crippen LogP contribution in [-0.2, 0) is 0 Å². The fourth-order valence-electron chi connectivity index (χ4n) is 2.51. The molecular weight excluding hydrogens is 226 g/mol. The molecule has 18 heavy (non-hydrogen) atoms. The molecule has 0 aromatic heterocycles. The van der Waals surface area contributed by atoms with Crippen molar-refractivity contribution in [2.24, 2.45) is 5.92 Å². The second kappa shape index (κ2) is 5.01. The molecule has 3 nitrogen and oxygen atoms in total. The molecule has 0 unspecified atom stereocenters. The van der Waals surface area contributed by atoms with Crippen molar-refractivity contribution >= 4 is 11.7 Å². The molecule has 0 atom stereocenters. The highest BCUT2D eigenvalue weighted by Crippen LogP contribution is 2.27. The number of benzene rings is 1. The molecule has 0 aliphatic carbocycles. The third-order valence-corrected chi connectivity index (χ3v) is 4.03. The fourth-order valence-corrected chi connectivity index (χ4v) is 2.51. The van der Waals surface area contributed by atoms with Gasteiger partial charge in [-0.1, -0.05) is 6.92 Å². The van der Waals surface area contributed by atoms with Gasteiger partial charge in [0, 0.05) is 18.8 Å². The Balaban J connectivity index is 2.31. The monoisotopic (exact) mass is 247 g/mol. The lowest BCUT2D eigenvalue weighted by Crippen LogP contribution is -2.33. The van der Waals surface area contributed by atoms with Crippen LogP contribution in [0.15, 0.2) is 12.1 Å². The van der Waals surface area contributed by atoms with E-state index in [4.69, 9.17) is 0 Å². The SMILES string of the molecule is Cc1cc(N2CCC(C)CC2)cc(C(=O)O)c1C. The van der Waals surface area contributed by atoms with Gasteiger partial charge < -0.3 is 10.0 Å². The lowest BCUT2D eigenvalue weighted by Gasteiger charge is -2.32. The first-order chi connectivity index (χ1) is 8.49. The van der Waals surface area contributed by atoms with E-state index in [0.717, 1.165) is 35.8 Å². The van der Waals surface area contributed by atoms with E-state index in [-0.39, 0.29) is 0 Å². The first-order valence-electron chi connectivity index (χ1n) is 6.58. The van der Waals surface area contributed by atoms with Crippen LogP contribution < -0.4 is 4.90 Å². The molecule has 1 aliphatic rings. The van der Waals surface area contributed by atoms with E-state index >= 15 is 0 Å². The van der Waals surface area contributed by atoms with Crippen molar-refractivity contribution in [3.8, 4) is 0 Å². The number of hydrogen-bond donors (Lipinski definition) is 1. The topological polar surface area (TPSA) is 40.5 Å². The van der Waals surface area contributed by atoms with Crippen molar-refractivity contribution < 1.29 is 9.90 Å². The van der Waals surface area contributed by atoms with Crippen LogP contribution in [0.1, 0.15) is 41.3 Å². The van der Waals surface area contributed by atoms with Crippen molar-refractivity contribution in [1.82, 2.24) is 0 Å². The van der Waals surface area contributed by atoms with Gasteiger partial charge in [0.1, 0.15) is 0 Å². The Hall–Kier alpha value is -1.51. The highest BCUT2D eigenvalue weighted by atomic mass is 16.4. The molecule has 1 aromatic rings. The molecule has 1 aromatic carbocycles. The van der Waals surface area contributed by atoms with Gasteiger partial charge in [0.05, 0.1) is 5.56 Å². The van der Waals surface area contributed by atoms with Crippen molar-refractivity contribution in [1.29, 1.82) is 0 Å². The lowest BCUT2D eigenvalue weighted by atomic mass is 9.97. The van der Waals surface area contributed by atoms with Gasteiger partial charge in [-0.25, -0.2) is 4.79 Å². The van der Waals surface area contributed by atoms with Crippen LogP contribution >= 0.6 is 0 Å². The molecule has 0 saturated carbocycles. The average Bonchev–Trinajstić information content (AvgIpc) is 2.33. The zero-order chi connectivity index (χ0) is 13.3. The summed E-state index contributed by atoms with van der Waals surface area (Å²) in [4.78, 5) is 13.5. The number of hydrogen-bond acceptors (Lipinski definition) is 2.